The quantitative estimate of drug-likeness (QED) is 0.180. The minimum absolute atomic E-state index is 0.0501. The van der Waals surface area contributed by atoms with Crippen LogP contribution in [-0.2, 0) is 20.8 Å². The molecule has 3 fully saturated rings. The molecule has 2 aromatic carbocycles. The third-order valence-electron chi connectivity index (χ3n) is 10.2. The number of hydrogen-bond donors (Lipinski definition) is 1. The highest BCUT2D eigenvalue weighted by Gasteiger charge is 2.76. The number of nitrogens with zero attached hydrogens (tertiary/aromatic N) is 4. The zero-order valence-electron chi connectivity index (χ0n) is 28.3. The van der Waals surface area contributed by atoms with Crippen LogP contribution in [0.25, 0.3) is 0 Å². The van der Waals surface area contributed by atoms with Crippen molar-refractivity contribution in [2.75, 3.05) is 49.1 Å². The first-order valence-corrected chi connectivity index (χ1v) is 19.0. The summed E-state index contributed by atoms with van der Waals surface area (Å²) in [6, 6.07) is 16.2. The first-order chi connectivity index (χ1) is 23.2. The topological polar surface area (TPSA) is 84.4 Å². The molecule has 48 heavy (non-hydrogen) atoms. The number of thioether (sulfide) groups is 1. The molecule has 0 aliphatic carbocycles. The van der Waals surface area contributed by atoms with E-state index in [4.69, 9.17) is 0 Å². The molecule has 7 atom stereocenters. The van der Waals surface area contributed by atoms with Crippen LogP contribution in [0, 0.1) is 11.8 Å². The van der Waals surface area contributed by atoms with E-state index in [1.807, 2.05) is 61.5 Å². The van der Waals surface area contributed by atoms with Gasteiger partial charge in [-0.3, -0.25) is 14.4 Å². The van der Waals surface area contributed by atoms with Crippen LogP contribution in [0.3, 0.4) is 0 Å². The standard InChI is InChI=1S/C38H49BrN4O4S/c1-6-20-41(21-7-2)35(45)31-32-36(46)43(29(25-44)23-26-14-12-11-13-15-26)34(38(32)24-30(39)33(31)48-38)37(47)42(22-8-3)28-18-16-27(17-19-28)40(9-4)10-5/h6,8,11-19,29-34,44H,1,3,7,9-10,20-25H2,2,4-5H3/t29-,30?,31-,32+,33-,34?,38?/m1/s1. The van der Waals surface area contributed by atoms with Gasteiger partial charge in [-0.1, -0.05) is 65.3 Å². The Labute approximate surface area is 298 Å². The number of hydrogen-bond acceptors (Lipinski definition) is 6. The number of aliphatic hydroxyl groups excluding tert-OH is 1. The maximum absolute atomic E-state index is 15.2. The molecule has 3 aliphatic heterocycles. The first kappa shape index (κ1) is 36.2. The molecule has 2 bridgehead atoms. The lowest BCUT2D eigenvalue weighted by Gasteiger charge is -2.40. The lowest BCUT2D eigenvalue weighted by Crippen LogP contribution is -2.58. The molecule has 8 nitrogen and oxygen atoms in total. The van der Waals surface area contributed by atoms with Gasteiger partial charge in [-0.2, -0.15) is 0 Å². The van der Waals surface area contributed by atoms with Crippen LogP contribution in [0.5, 0.6) is 0 Å². The van der Waals surface area contributed by atoms with Gasteiger partial charge in [-0.25, -0.2) is 0 Å². The summed E-state index contributed by atoms with van der Waals surface area (Å²) < 4.78 is -0.843. The Balaban J connectivity index is 1.61. The van der Waals surface area contributed by atoms with Gasteiger partial charge in [-0.05, 0) is 62.9 Å². The van der Waals surface area contributed by atoms with E-state index in [1.54, 1.807) is 38.6 Å². The molecule has 10 heteroatoms. The van der Waals surface area contributed by atoms with E-state index < -0.39 is 28.7 Å². The molecule has 1 N–H and O–H groups in total. The van der Waals surface area contributed by atoms with Crippen LogP contribution in [-0.4, -0.2) is 98.9 Å². The zero-order chi connectivity index (χ0) is 34.6. The van der Waals surface area contributed by atoms with Gasteiger partial charge in [0.2, 0.25) is 11.8 Å². The predicted molar refractivity (Wildman–Crippen MR) is 200 cm³/mol. The number of rotatable bonds is 16. The molecule has 3 aliphatic rings. The molecule has 2 aromatic rings. The van der Waals surface area contributed by atoms with Crippen molar-refractivity contribution in [2.45, 2.75) is 66.9 Å². The molecule has 1 spiro atoms. The number of likely N-dealkylation sites (tertiary alicyclic amines) is 1. The highest BCUT2D eigenvalue weighted by Crippen LogP contribution is 2.68. The molecule has 0 saturated carbocycles. The van der Waals surface area contributed by atoms with Crippen molar-refractivity contribution in [3.05, 3.63) is 85.5 Å². The number of fused-ring (bicyclic) bond motifs is 1. The second kappa shape index (κ2) is 15.6. The number of carbonyl (C=O) groups excluding carboxylic acids is 3. The van der Waals surface area contributed by atoms with Crippen molar-refractivity contribution in [3.63, 3.8) is 0 Å². The van der Waals surface area contributed by atoms with Gasteiger partial charge in [0.25, 0.3) is 5.91 Å². The lowest BCUT2D eigenvalue weighted by molar-refractivity contribution is -0.145. The van der Waals surface area contributed by atoms with Gasteiger partial charge in [0.15, 0.2) is 0 Å². The van der Waals surface area contributed by atoms with Gasteiger partial charge in [-0.15, -0.1) is 24.9 Å². The van der Waals surface area contributed by atoms with Gasteiger partial charge >= 0.3 is 0 Å². The van der Waals surface area contributed by atoms with E-state index in [1.165, 1.54) is 0 Å². The normalized spacial score (nSPS) is 26.2. The molecule has 3 amide bonds. The van der Waals surface area contributed by atoms with Gasteiger partial charge in [0, 0.05) is 54.2 Å². The number of amides is 3. The van der Waals surface area contributed by atoms with Crippen LogP contribution in [0.4, 0.5) is 11.4 Å². The van der Waals surface area contributed by atoms with E-state index in [2.05, 4.69) is 47.8 Å². The second-order valence-corrected chi connectivity index (χ2v) is 15.7. The molecular weight excluding hydrogens is 688 g/mol. The van der Waals surface area contributed by atoms with Crippen LogP contribution in [0.1, 0.15) is 39.2 Å². The van der Waals surface area contributed by atoms with Crippen LogP contribution in [0.2, 0.25) is 0 Å². The number of carbonyl (C=O) groups is 3. The number of aliphatic hydroxyl groups is 1. The summed E-state index contributed by atoms with van der Waals surface area (Å²) in [7, 11) is 0. The minimum atomic E-state index is -0.884. The van der Waals surface area contributed by atoms with Crippen molar-refractivity contribution in [1.29, 1.82) is 0 Å². The van der Waals surface area contributed by atoms with Crippen LogP contribution in [0.15, 0.2) is 79.9 Å². The van der Waals surface area contributed by atoms with Crippen molar-refractivity contribution in [2.24, 2.45) is 11.8 Å². The van der Waals surface area contributed by atoms with Gasteiger partial charge < -0.3 is 24.7 Å². The van der Waals surface area contributed by atoms with Crippen molar-refractivity contribution >= 4 is 56.8 Å². The zero-order valence-corrected chi connectivity index (χ0v) is 30.7. The fraction of sp³-hybridized carbons (Fsp3) is 0.500. The Morgan fingerprint density at radius 3 is 2.25 bits per heavy atom. The van der Waals surface area contributed by atoms with E-state index >= 15 is 4.79 Å². The van der Waals surface area contributed by atoms with E-state index in [9.17, 15) is 14.7 Å². The SMILES string of the molecule is C=CCN(CCC)C(=O)[C@H]1[C@@H]2SC3(CC2Br)C(C(=O)N(CC=C)c2ccc(N(CC)CC)cc2)N([C@@H](CO)Cc2ccccc2)C(=O)[C@H]13. The average molecular weight is 738 g/mol. The Bertz CT molecular complexity index is 1470. The number of benzene rings is 2. The monoisotopic (exact) mass is 736 g/mol. The van der Waals surface area contributed by atoms with Crippen LogP contribution >= 0.6 is 27.7 Å². The first-order valence-electron chi connectivity index (χ1n) is 17.2. The lowest BCUT2D eigenvalue weighted by atomic mass is 9.70. The van der Waals surface area contributed by atoms with Gasteiger partial charge in [0.05, 0.1) is 29.2 Å². The summed E-state index contributed by atoms with van der Waals surface area (Å²) >= 11 is 5.52. The molecule has 5 rings (SSSR count). The Hall–Kier alpha value is -3.08. The molecule has 3 saturated heterocycles. The largest absolute Gasteiger partial charge is 0.394 e. The predicted octanol–water partition coefficient (Wildman–Crippen LogP) is 5.54. The average Bonchev–Trinajstić information content (AvgIpc) is 3.70. The van der Waals surface area contributed by atoms with Crippen molar-refractivity contribution < 1.29 is 19.5 Å². The summed E-state index contributed by atoms with van der Waals surface area (Å²) in [5.41, 5.74) is 2.74. The van der Waals surface area contributed by atoms with Gasteiger partial charge in [0.1, 0.15) is 6.04 Å². The summed E-state index contributed by atoms with van der Waals surface area (Å²) in [6.45, 7) is 16.7. The molecule has 258 valence electrons. The number of halogens is 1. The summed E-state index contributed by atoms with van der Waals surface area (Å²) in [5, 5.41) is 10.7. The van der Waals surface area contributed by atoms with Crippen LogP contribution < -0.4 is 9.80 Å². The second-order valence-electron chi connectivity index (χ2n) is 12.9. The summed E-state index contributed by atoms with van der Waals surface area (Å²) in [6.07, 6.45) is 5.17. The Morgan fingerprint density at radius 1 is 1.02 bits per heavy atom. The third kappa shape index (κ3) is 6.48. The smallest absolute Gasteiger partial charge is 0.251 e. The van der Waals surface area contributed by atoms with Crippen molar-refractivity contribution in [1.82, 2.24) is 9.80 Å². The minimum Gasteiger partial charge on any atom is -0.394 e. The molecule has 3 heterocycles. The third-order valence-corrected chi connectivity index (χ3v) is 13.4. The molecular formula is C38H49BrN4O4S. The van der Waals surface area contributed by atoms with E-state index in [0.29, 0.717) is 31.6 Å². The highest BCUT2D eigenvalue weighted by atomic mass is 79.9. The van der Waals surface area contributed by atoms with Crippen molar-refractivity contribution in [3.8, 4) is 0 Å². The maximum Gasteiger partial charge on any atom is 0.251 e. The Morgan fingerprint density at radius 2 is 1.67 bits per heavy atom. The van der Waals surface area contributed by atoms with E-state index in [0.717, 1.165) is 30.8 Å². The number of anilines is 2. The fourth-order valence-electron chi connectivity index (χ4n) is 8.12. The summed E-state index contributed by atoms with van der Waals surface area (Å²) in [5.74, 6) is -1.78. The Kier molecular flexibility index (Phi) is 11.8. The molecule has 0 radical (unpaired) electrons. The highest BCUT2D eigenvalue weighted by molar-refractivity contribution is 9.09. The fourth-order valence-corrected chi connectivity index (χ4v) is 11.7. The molecule has 0 aromatic heterocycles. The number of alkyl halides is 1. The molecule has 3 unspecified atom stereocenters. The summed E-state index contributed by atoms with van der Waals surface area (Å²) in [4.78, 5) is 51.9. The maximum atomic E-state index is 15.2. The van der Waals surface area contributed by atoms with E-state index in [-0.39, 0.29) is 41.0 Å².